The number of hydrogen-bond donors (Lipinski definition) is 1. The molecule has 0 heterocycles. The fourth-order valence-electron chi connectivity index (χ4n) is 1.99. The van der Waals surface area contributed by atoms with Crippen molar-refractivity contribution in [1.29, 1.82) is 0 Å². The van der Waals surface area contributed by atoms with Gasteiger partial charge in [0.1, 0.15) is 0 Å². The van der Waals surface area contributed by atoms with Crippen LogP contribution in [-0.2, 0) is 14.6 Å². The van der Waals surface area contributed by atoms with Gasteiger partial charge in [0.2, 0.25) is 0 Å². The lowest BCUT2D eigenvalue weighted by molar-refractivity contribution is 0.0859. The van der Waals surface area contributed by atoms with Crippen molar-refractivity contribution in [1.82, 2.24) is 5.32 Å². The summed E-state index contributed by atoms with van der Waals surface area (Å²) in [6, 6.07) is 0.335. The first kappa shape index (κ1) is 12.9. The Morgan fingerprint density at radius 1 is 1.40 bits per heavy atom. The Morgan fingerprint density at radius 2 is 2.13 bits per heavy atom. The molecule has 0 aromatic rings. The first-order valence-corrected chi connectivity index (χ1v) is 7.38. The van der Waals surface area contributed by atoms with E-state index in [4.69, 9.17) is 4.74 Å². The number of rotatable bonds is 6. The van der Waals surface area contributed by atoms with Gasteiger partial charge in [0.25, 0.3) is 0 Å². The van der Waals surface area contributed by atoms with Gasteiger partial charge in [-0.2, -0.15) is 0 Å². The Bertz CT molecular complexity index is 276. The smallest absolute Gasteiger partial charge is 0.151 e. The Balaban J connectivity index is 2.25. The molecule has 1 fully saturated rings. The van der Waals surface area contributed by atoms with E-state index in [1.807, 2.05) is 0 Å². The van der Waals surface area contributed by atoms with Gasteiger partial charge in [-0.3, -0.25) is 0 Å². The van der Waals surface area contributed by atoms with E-state index in [0.717, 1.165) is 19.3 Å². The van der Waals surface area contributed by atoms with Crippen molar-refractivity contribution in [2.45, 2.75) is 38.3 Å². The Labute approximate surface area is 92.3 Å². The normalized spacial score (nSPS) is 27.1. The summed E-state index contributed by atoms with van der Waals surface area (Å²) in [4.78, 5) is 0. The Morgan fingerprint density at radius 3 is 2.73 bits per heavy atom. The van der Waals surface area contributed by atoms with Crippen molar-refractivity contribution in [3.8, 4) is 0 Å². The van der Waals surface area contributed by atoms with E-state index in [2.05, 4.69) is 5.32 Å². The summed E-state index contributed by atoms with van der Waals surface area (Å²) in [7, 11) is -1.12. The molecule has 1 aliphatic rings. The van der Waals surface area contributed by atoms with Gasteiger partial charge in [-0.15, -0.1) is 0 Å². The second-order valence-corrected chi connectivity index (χ2v) is 6.47. The zero-order valence-corrected chi connectivity index (χ0v) is 10.3. The van der Waals surface area contributed by atoms with E-state index in [1.54, 1.807) is 14.0 Å². The van der Waals surface area contributed by atoms with Crippen molar-refractivity contribution in [2.75, 3.05) is 25.2 Å². The highest BCUT2D eigenvalue weighted by Crippen LogP contribution is 2.21. The van der Waals surface area contributed by atoms with Crippen molar-refractivity contribution in [2.24, 2.45) is 0 Å². The predicted molar refractivity (Wildman–Crippen MR) is 60.8 cm³/mol. The van der Waals surface area contributed by atoms with E-state index < -0.39 is 9.84 Å². The van der Waals surface area contributed by atoms with E-state index in [-0.39, 0.29) is 17.6 Å². The molecular weight excluding hydrogens is 214 g/mol. The molecule has 0 aliphatic heterocycles. The minimum atomic E-state index is -2.84. The maximum absolute atomic E-state index is 11.3. The fourth-order valence-corrected chi connectivity index (χ4v) is 2.70. The lowest BCUT2D eigenvalue weighted by Gasteiger charge is -2.19. The molecule has 1 rings (SSSR count). The van der Waals surface area contributed by atoms with Crippen LogP contribution in [0.1, 0.15) is 26.2 Å². The van der Waals surface area contributed by atoms with Crippen LogP contribution in [0, 0.1) is 0 Å². The summed E-state index contributed by atoms with van der Waals surface area (Å²) in [6.45, 7) is 2.23. The fraction of sp³-hybridized carbons (Fsp3) is 1.00. The Hall–Kier alpha value is -0.130. The van der Waals surface area contributed by atoms with Crippen LogP contribution >= 0.6 is 0 Å². The van der Waals surface area contributed by atoms with Crippen LogP contribution in [0.15, 0.2) is 0 Å². The predicted octanol–water partition coefficient (Wildman–Crippen LogP) is 0.578. The number of ether oxygens (including phenoxy) is 1. The second kappa shape index (κ2) is 5.82. The van der Waals surface area contributed by atoms with Crippen molar-refractivity contribution >= 4 is 9.84 Å². The van der Waals surface area contributed by atoms with Crippen LogP contribution in [-0.4, -0.2) is 45.7 Å². The van der Waals surface area contributed by atoms with Crippen molar-refractivity contribution < 1.29 is 13.2 Å². The number of nitrogens with one attached hydrogen (secondary N) is 1. The van der Waals surface area contributed by atoms with Crippen molar-refractivity contribution in [3.63, 3.8) is 0 Å². The maximum atomic E-state index is 11.3. The van der Waals surface area contributed by atoms with E-state index in [0.29, 0.717) is 12.6 Å². The lowest BCUT2D eigenvalue weighted by atomic mass is 10.2. The van der Waals surface area contributed by atoms with Crippen LogP contribution in [0.5, 0.6) is 0 Å². The third-order valence-electron chi connectivity index (χ3n) is 3.01. The first-order valence-electron chi connectivity index (χ1n) is 5.55. The van der Waals surface area contributed by atoms with Crippen LogP contribution < -0.4 is 5.32 Å². The molecule has 90 valence electrons. The molecule has 1 N–H and O–H groups in total. The van der Waals surface area contributed by atoms with Crippen LogP contribution in [0.4, 0.5) is 0 Å². The average molecular weight is 235 g/mol. The molecule has 2 unspecified atom stereocenters. The van der Waals surface area contributed by atoms with E-state index in [9.17, 15) is 8.42 Å². The molecule has 2 atom stereocenters. The standard InChI is InChI=1S/C10H21NO3S/c1-3-15(12,13)8-7-11-9-5-4-6-10(9)14-2/h9-11H,3-8H2,1-2H3. The molecule has 0 saturated heterocycles. The van der Waals surface area contributed by atoms with Gasteiger partial charge in [0.15, 0.2) is 9.84 Å². The van der Waals surface area contributed by atoms with Crippen molar-refractivity contribution in [3.05, 3.63) is 0 Å². The molecule has 1 aliphatic carbocycles. The molecule has 15 heavy (non-hydrogen) atoms. The lowest BCUT2D eigenvalue weighted by Crippen LogP contribution is -2.39. The van der Waals surface area contributed by atoms with Gasteiger partial charge in [-0.25, -0.2) is 8.42 Å². The van der Waals surface area contributed by atoms with Gasteiger partial charge in [-0.1, -0.05) is 6.92 Å². The molecule has 1 saturated carbocycles. The second-order valence-electron chi connectivity index (χ2n) is 4.00. The summed E-state index contributed by atoms with van der Waals surface area (Å²) in [5.74, 6) is 0.462. The molecular formula is C10H21NO3S. The quantitative estimate of drug-likeness (QED) is 0.731. The summed E-state index contributed by atoms with van der Waals surface area (Å²) in [6.07, 6.45) is 3.59. The zero-order valence-electron chi connectivity index (χ0n) is 9.53. The summed E-state index contributed by atoms with van der Waals surface area (Å²) in [5, 5.41) is 3.27. The summed E-state index contributed by atoms with van der Waals surface area (Å²) < 4.78 is 27.8. The molecule has 0 radical (unpaired) electrons. The number of methoxy groups -OCH3 is 1. The Kier molecular flexibility index (Phi) is 5.02. The van der Waals surface area contributed by atoms with Gasteiger partial charge in [-0.05, 0) is 19.3 Å². The summed E-state index contributed by atoms with van der Waals surface area (Å²) >= 11 is 0. The average Bonchev–Trinajstić information content (AvgIpc) is 2.65. The molecule has 0 aromatic heterocycles. The van der Waals surface area contributed by atoms with Crippen LogP contribution in [0.2, 0.25) is 0 Å². The third-order valence-corrected chi connectivity index (χ3v) is 4.72. The SMILES string of the molecule is CCS(=O)(=O)CCNC1CCCC1OC. The minimum Gasteiger partial charge on any atom is -0.380 e. The third kappa shape index (κ3) is 4.09. The highest BCUT2D eigenvalue weighted by molar-refractivity contribution is 7.91. The summed E-state index contributed by atoms with van der Waals surface area (Å²) in [5.41, 5.74) is 0. The molecule has 0 amide bonds. The monoisotopic (exact) mass is 235 g/mol. The largest absolute Gasteiger partial charge is 0.380 e. The number of sulfone groups is 1. The zero-order chi connectivity index (χ0) is 11.3. The first-order chi connectivity index (χ1) is 7.09. The van der Waals surface area contributed by atoms with Gasteiger partial charge in [0.05, 0.1) is 11.9 Å². The molecule has 4 nitrogen and oxygen atoms in total. The number of hydrogen-bond acceptors (Lipinski definition) is 4. The highest BCUT2D eigenvalue weighted by Gasteiger charge is 2.26. The van der Waals surface area contributed by atoms with Crippen LogP contribution in [0.25, 0.3) is 0 Å². The molecule has 5 heteroatoms. The van der Waals surface area contributed by atoms with E-state index >= 15 is 0 Å². The molecule has 0 aromatic carbocycles. The molecule has 0 bridgehead atoms. The van der Waals surface area contributed by atoms with Gasteiger partial charge in [0, 0.05) is 25.4 Å². The minimum absolute atomic E-state index is 0.229. The highest BCUT2D eigenvalue weighted by atomic mass is 32.2. The van der Waals surface area contributed by atoms with E-state index in [1.165, 1.54) is 0 Å². The maximum Gasteiger partial charge on any atom is 0.151 e. The van der Waals surface area contributed by atoms with Gasteiger partial charge >= 0.3 is 0 Å². The van der Waals surface area contributed by atoms with Gasteiger partial charge < -0.3 is 10.1 Å². The topological polar surface area (TPSA) is 55.4 Å². The van der Waals surface area contributed by atoms with Crippen LogP contribution in [0.3, 0.4) is 0 Å². The molecule has 0 spiro atoms.